The van der Waals surface area contributed by atoms with Gasteiger partial charge in [-0.05, 0) is 76.1 Å². The van der Waals surface area contributed by atoms with Gasteiger partial charge in [0.05, 0.1) is 35.2 Å². The summed E-state index contributed by atoms with van der Waals surface area (Å²) in [6, 6.07) is 19.6. The van der Waals surface area contributed by atoms with E-state index in [9.17, 15) is 12.8 Å². The van der Waals surface area contributed by atoms with E-state index in [1.807, 2.05) is 6.07 Å². The number of nitrogens with zero attached hydrogens (tertiary/aromatic N) is 3. The highest BCUT2D eigenvalue weighted by molar-refractivity contribution is 9.10. The van der Waals surface area contributed by atoms with E-state index in [1.54, 1.807) is 54.6 Å². The Bertz CT molecular complexity index is 2080. The van der Waals surface area contributed by atoms with Crippen molar-refractivity contribution in [1.82, 2.24) is 15.0 Å². The number of ether oxygens (including phenoxy) is 3. The van der Waals surface area contributed by atoms with E-state index in [4.69, 9.17) is 14.2 Å². The third-order valence-corrected chi connectivity index (χ3v) is 8.91. The largest absolute Gasteiger partial charge is 0.490 e. The Balaban J connectivity index is 1.20. The molecular formula is C34H27BrF2N4O5S. The zero-order valence-electron chi connectivity index (χ0n) is 24.7. The molecule has 5 aromatic rings. The summed E-state index contributed by atoms with van der Waals surface area (Å²) >= 11 is 3.54. The van der Waals surface area contributed by atoms with E-state index >= 15 is 4.39 Å². The fourth-order valence-corrected chi connectivity index (χ4v) is 6.18. The Hall–Kier alpha value is -4.72. The van der Waals surface area contributed by atoms with E-state index in [0.29, 0.717) is 55.9 Å². The molecule has 6 rings (SSSR count). The number of pyridine rings is 1. The number of hydrogen-bond donors (Lipinski definition) is 1. The highest BCUT2D eigenvalue weighted by Gasteiger charge is 2.38. The number of benzene rings is 3. The minimum Gasteiger partial charge on any atom is -0.490 e. The van der Waals surface area contributed by atoms with Gasteiger partial charge in [-0.1, -0.05) is 18.2 Å². The summed E-state index contributed by atoms with van der Waals surface area (Å²) in [5.74, 6) is 0.178. The van der Waals surface area contributed by atoms with Crippen molar-refractivity contribution in [3.05, 3.63) is 131 Å². The molecular weight excluding hydrogens is 694 g/mol. The number of rotatable bonds is 12. The highest BCUT2D eigenvalue weighted by atomic mass is 79.9. The van der Waals surface area contributed by atoms with Gasteiger partial charge in [0.2, 0.25) is 10.3 Å². The Morgan fingerprint density at radius 2 is 1.91 bits per heavy atom. The van der Waals surface area contributed by atoms with Crippen molar-refractivity contribution < 1.29 is 31.4 Å². The zero-order chi connectivity index (χ0) is 32.8. The van der Waals surface area contributed by atoms with Gasteiger partial charge < -0.3 is 19.5 Å². The lowest BCUT2D eigenvalue weighted by Crippen LogP contribution is -2.29. The summed E-state index contributed by atoms with van der Waals surface area (Å²) in [6.45, 7) is 0.0905. The second kappa shape index (κ2) is 14.4. The van der Waals surface area contributed by atoms with Crippen LogP contribution in [0.3, 0.4) is 0 Å². The number of fused-ring (bicyclic) bond motifs is 1. The van der Waals surface area contributed by atoms with Gasteiger partial charge in [-0.25, -0.2) is 18.7 Å². The fourth-order valence-electron chi connectivity index (χ4n) is 5.22. The van der Waals surface area contributed by atoms with Crippen LogP contribution in [0.5, 0.6) is 5.75 Å². The van der Waals surface area contributed by atoms with Crippen LogP contribution < -0.4 is 10.1 Å². The number of hydrogen-bond acceptors (Lipinski definition) is 9. The van der Waals surface area contributed by atoms with Gasteiger partial charge in [0.25, 0.3) is 0 Å². The molecule has 1 aliphatic rings. The Morgan fingerprint density at radius 1 is 1.02 bits per heavy atom. The van der Waals surface area contributed by atoms with E-state index < -0.39 is 21.7 Å². The summed E-state index contributed by atoms with van der Waals surface area (Å²) in [4.78, 5) is 12.8. The predicted molar refractivity (Wildman–Crippen MR) is 177 cm³/mol. The normalized spacial score (nSPS) is 15.4. The maximum atomic E-state index is 15.7. The molecule has 0 saturated carbocycles. The third-order valence-electron chi connectivity index (χ3n) is 7.57. The van der Waals surface area contributed by atoms with Crippen LogP contribution in [0, 0.1) is 11.6 Å². The quantitative estimate of drug-likeness (QED) is 0.0825. The molecule has 9 nitrogen and oxygen atoms in total. The van der Waals surface area contributed by atoms with E-state index in [0.717, 1.165) is 0 Å². The lowest BCUT2D eigenvalue weighted by Gasteiger charge is -2.30. The summed E-state index contributed by atoms with van der Waals surface area (Å²) in [6.07, 6.45) is 6.80. The summed E-state index contributed by atoms with van der Waals surface area (Å²) in [5, 5.41) is 3.84. The average molecular weight is 722 g/mol. The molecule has 1 atom stereocenters. The van der Waals surface area contributed by atoms with Gasteiger partial charge in [0.1, 0.15) is 46.6 Å². The van der Waals surface area contributed by atoms with Crippen LogP contribution in [0.25, 0.3) is 10.9 Å². The molecule has 0 saturated heterocycles. The molecule has 0 fully saturated rings. The van der Waals surface area contributed by atoms with Gasteiger partial charge in [0.15, 0.2) is 0 Å². The topological polar surface area (TPSA) is 113 Å². The van der Waals surface area contributed by atoms with Crippen LogP contribution >= 0.6 is 15.9 Å². The summed E-state index contributed by atoms with van der Waals surface area (Å²) in [5.41, 5.74) is 1.28. The maximum Gasteiger partial charge on any atom is 0.221 e. The molecule has 1 N–H and O–H groups in total. The Labute approximate surface area is 278 Å². The van der Waals surface area contributed by atoms with Gasteiger partial charge in [-0.3, -0.25) is 4.98 Å². The van der Waals surface area contributed by atoms with Crippen LogP contribution in [0.15, 0.2) is 102 Å². The van der Waals surface area contributed by atoms with Gasteiger partial charge in [-0.15, -0.1) is 0 Å². The molecule has 3 heterocycles. The molecule has 0 radical (unpaired) electrons. The van der Waals surface area contributed by atoms with Crippen LogP contribution in [0.2, 0.25) is 0 Å². The van der Waals surface area contributed by atoms with Crippen LogP contribution in [0.4, 0.5) is 20.3 Å². The molecule has 240 valence electrons. The van der Waals surface area contributed by atoms with Crippen molar-refractivity contribution in [2.24, 2.45) is 0 Å². The van der Waals surface area contributed by atoms with Crippen molar-refractivity contribution in [2.75, 3.05) is 18.5 Å². The number of nitrogens with one attached hydrogen (secondary N) is 1. The average Bonchev–Trinajstić information content (AvgIpc) is 3.54. The molecule has 0 amide bonds. The molecule has 13 heteroatoms. The molecule has 1 aliphatic heterocycles. The number of anilines is 2. The summed E-state index contributed by atoms with van der Waals surface area (Å²) in [7, 11) is -2.53. The first-order chi connectivity index (χ1) is 22.8. The Morgan fingerprint density at radius 3 is 2.66 bits per heavy atom. The van der Waals surface area contributed by atoms with Gasteiger partial charge >= 0.3 is 0 Å². The zero-order valence-corrected chi connectivity index (χ0v) is 27.1. The number of halogens is 3. The second-order valence-corrected chi connectivity index (χ2v) is 12.4. The third kappa shape index (κ3) is 7.48. The van der Waals surface area contributed by atoms with E-state index in [-0.39, 0.29) is 36.9 Å². The summed E-state index contributed by atoms with van der Waals surface area (Å²) < 4.78 is 71.1. The first kappa shape index (κ1) is 32.2. The van der Waals surface area contributed by atoms with Crippen molar-refractivity contribution in [1.29, 1.82) is 0 Å². The molecule has 2 aromatic heterocycles. The first-order valence-corrected chi connectivity index (χ1v) is 16.3. The highest BCUT2D eigenvalue weighted by Crippen LogP contribution is 2.41. The monoisotopic (exact) mass is 720 g/mol. The standard InChI is InChI=1S/C34H27BrF2N4O5S/c35-27-16-24(8-9-31(27)45-19-22-5-3-6-23(36)15-22)41-33-25-17-26(28(37)18-30(25)39-21-40-33)34(10-4-13-46-34)11-14-44-20-32(47(42)43)29-7-1-2-12-38-29/h1-9,12-13,15-18,21H,10-11,14,19-20H2,(H,39,40,41). The molecule has 47 heavy (non-hydrogen) atoms. The van der Waals surface area contributed by atoms with E-state index in [1.165, 1.54) is 37.0 Å². The maximum absolute atomic E-state index is 15.7. The minimum atomic E-state index is -2.53. The van der Waals surface area contributed by atoms with Crippen LogP contribution in [-0.2, 0) is 32.0 Å². The Kier molecular flexibility index (Phi) is 9.85. The number of aromatic nitrogens is 3. The second-order valence-electron chi connectivity index (χ2n) is 10.6. The first-order valence-electron chi connectivity index (χ1n) is 14.5. The van der Waals surface area contributed by atoms with Crippen LogP contribution in [-0.4, -0.2) is 41.4 Å². The van der Waals surface area contributed by atoms with Crippen molar-refractivity contribution >= 4 is 53.5 Å². The molecule has 0 aliphatic carbocycles. The van der Waals surface area contributed by atoms with Crippen molar-refractivity contribution in [3.8, 4) is 5.75 Å². The molecule has 3 aromatic carbocycles. The molecule has 1 unspecified atom stereocenters. The molecule has 0 spiro atoms. The van der Waals surface area contributed by atoms with Crippen molar-refractivity contribution in [3.63, 3.8) is 0 Å². The van der Waals surface area contributed by atoms with Crippen molar-refractivity contribution in [2.45, 2.75) is 25.0 Å². The smallest absolute Gasteiger partial charge is 0.221 e. The van der Waals surface area contributed by atoms with Gasteiger partial charge in [0, 0.05) is 41.7 Å². The van der Waals surface area contributed by atoms with E-state index in [2.05, 4.69) is 36.2 Å². The lowest BCUT2D eigenvalue weighted by atomic mass is 9.87. The molecule has 0 bridgehead atoms. The van der Waals surface area contributed by atoms with Crippen LogP contribution in [0.1, 0.15) is 29.7 Å². The predicted octanol–water partition coefficient (Wildman–Crippen LogP) is 7.02. The minimum absolute atomic E-state index is 0.0210. The fraction of sp³-hybridized carbons (Fsp3) is 0.176. The lowest BCUT2D eigenvalue weighted by molar-refractivity contribution is 0.00344. The van der Waals surface area contributed by atoms with Gasteiger partial charge in [-0.2, -0.15) is 8.42 Å². The SMILES string of the molecule is O=S(=O)=C(COCCC1(c2cc3c(Nc4ccc(OCc5cccc(F)c5)c(Br)c4)ncnc3cc2F)CC=CO1)c1ccccn1.